The molecule has 0 aromatic heterocycles. The van der Waals surface area contributed by atoms with Crippen LogP contribution in [0.25, 0.3) is 0 Å². The average molecular weight is 258 g/mol. The highest BCUT2D eigenvalue weighted by Crippen LogP contribution is 2.07. The van der Waals surface area contributed by atoms with E-state index in [0.29, 0.717) is 6.54 Å². The molecule has 0 saturated heterocycles. The number of rotatable bonds is 8. The topological polar surface area (TPSA) is 95.5 Å². The first-order chi connectivity index (χ1) is 8.36. The van der Waals surface area contributed by atoms with Crippen LogP contribution in [0.5, 0.6) is 0 Å². The van der Waals surface area contributed by atoms with Crippen LogP contribution in [0.4, 0.5) is 0 Å². The van der Waals surface area contributed by atoms with Gasteiger partial charge in [-0.2, -0.15) is 0 Å². The molecule has 2 amide bonds. The fourth-order valence-electron chi connectivity index (χ4n) is 1.45. The van der Waals surface area contributed by atoms with E-state index in [-0.39, 0.29) is 30.6 Å². The van der Waals surface area contributed by atoms with Gasteiger partial charge in [-0.05, 0) is 19.3 Å². The Morgan fingerprint density at radius 3 is 2.28 bits per heavy atom. The Hall–Kier alpha value is -1.59. The molecule has 0 aliphatic heterocycles. The van der Waals surface area contributed by atoms with Crippen LogP contribution >= 0.6 is 0 Å². The lowest BCUT2D eigenvalue weighted by Gasteiger charge is -2.15. The zero-order chi connectivity index (χ0) is 14.1. The van der Waals surface area contributed by atoms with Crippen molar-refractivity contribution < 1.29 is 19.5 Å². The molecule has 0 spiro atoms. The van der Waals surface area contributed by atoms with Crippen molar-refractivity contribution in [3.63, 3.8) is 0 Å². The molecule has 3 N–H and O–H groups in total. The highest BCUT2D eigenvalue weighted by molar-refractivity contribution is 5.87. The summed E-state index contributed by atoms with van der Waals surface area (Å²) in [6, 6.07) is -0.596. The minimum atomic E-state index is -0.927. The van der Waals surface area contributed by atoms with Gasteiger partial charge in [0, 0.05) is 19.4 Å². The van der Waals surface area contributed by atoms with Gasteiger partial charge < -0.3 is 15.7 Å². The second kappa shape index (κ2) is 8.49. The normalized spacial score (nSPS) is 13.5. The second-order valence-electron chi connectivity index (χ2n) is 4.49. The molecule has 2 unspecified atom stereocenters. The van der Waals surface area contributed by atoms with Crippen molar-refractivity contribution in [1.82, 2.24) is 10.6 Å². The smallest absolute Gasteiger partial charge is 0.303 e. The standard InChI is InChI=1S/C12H22N2O4/c1-4-5-13-12(18)9(3)14-10(15)6-8(2)7-11(16)17/h8-9H,4-7H2,1-3H3,(H,13,18)(H,14,15)(H,16,17). The molecule has 0 aromatic rings. The quantitative estimate of drug-likeness (QED) is 0.591. The molecule has 6 heteroatoms. The number of carboxylic acids is 1. The fourth-order valence-corrected chi connectivity index (χ4v) is 1.45. The molecule has 2 atom stereocenters. The van der Waals surface area contributed by atoms with Gasteiger partial charge in [-0.1, -0.05) is 13.8 Å². The molecule has 18 heavy (non-hydrogen) atoms. The van der Waals surface area contributed by atoms with Crippen LogP contribution in [-0.2, 0) is 14.4 Å². The monoisotopic (exact) mass is 258 g/mol. The molecule has 0 saturated carbocycles. The first-order valence-corrected chi connectivity index (χ1v) is 6.15. The van der Waals surface area contributed by atoms with Gasteiger partial charge in [-0.3, -0.25) is 14.4 Å². The maximum Gasteiger partial charge on any atom is 0.303 e. The molecule has 6 nitrogen and oxygen atoms in total. The van der Waals surface area contributed by atoms with Crippen LogP contribution in [-0.4, -0.2) is 35.5 Å². The molecular weight excluding hydrogens is 236 g/mol. The molecule has 0 rings (SSSR count). The number of hydrogen-bond donors (Lipinski definition) is 3. The first kappa shape index (κ1) is 16.4. The summed E-state index contributed by atoms with van der Waals surface area (Å²) in [6.45, 7) is 5.81. The average Bonchev–Trinajstić information content (AvgIpc) is 2.23. The lowest BCUT2D eigenvalue weighted by atomic mass is 10.0. The van der Waals surface area contributed by atoms with Gasteiger partial charge in [0.15, 0.2) is 0 Å². The van der Waals surface area contributed by atoms with Gasteiger partial charge in [0.2, 0.25) is 11.8 Å². The number of hydrogen-bond acceptors (Lipinski definition) is 3. The van der Waals surface area contributed by atoms with Crippen LogP contribution in [0.15, 0.2) is 0 Å². The van der Waals surface area contributed by atoms with Crippen molar-refractivity contribution in [3.8, 4) is 0 Å². The summed E-state index contributed by atoms with van der Waals surface area (Å²) in [6.07, 6.45) is 0.892. The molecule has 104 valence electrons. The van der Waals surface area contributed by atoms with Crippen molar-refractivity contribution in [1.29, 1.82) is 0 Å². The van der Waals surface area contributed by atoms with Crippen LogP contribution in [0.1, 0.15) is 40.0 Å². The Labute approximate surface area is 107 Å². The minimum absolute atomic E-state index is 0.0518. The summed E-state index contributed by atoms with van der Waals surface area (Å²) in [4.78, 5) is 33.5. The molecule has 0 aromatic carbocycles. The fraction of sp³-hybridized carbons (Fsp3) is 0.750. The summed E-state index contributed by atoms with van der Waals surface area (Å²) < 4.78 is 0. The van der Waals surface area contributed by atoms with Gasteiger partial charge in [-0.15, -0.1) is 0 Å². The lowest BCUT2D eigenvalue weighted by Crippen LogP contribution is -2.45. The Bertz CT molecular complexity index is 304. The lowest BCUT2D eigenvalue weighted by molar-refractivity contribution is -0.138. The van der Waals surface area contributed by atoms with E-state index in [2.05, 4.69) is 10.6 Å². The Kier molecular flexibility index (Phi) is 7.74. The Morgan fingerprint density at radius 2 is 1.78 bits per heavy atom. The Balaban J connectivity index is 3.99. The van der Waals surface area contributed by atoms with E-state index in [1.807, 2.05) is 6.92 Å². The summed E-state index contributed by atoms with van der Waals surface area (Å²) in [5.41, 5.74) is 0. The van der Waals surface area contributed by atoms with Crippen molar-refractivity contribution in [3.05, 3.63) is 0 Å². The largest absolute Gasteiger partial charge is 0.481 e. The van der Waals surface area contributed by atoms with E-state index < -0.39 is 12.0 Å². The van der Waals surface area contributed by atoms with Crippen LogP contribution in [0.2, 0.25) is 0 Å². The third-order valence-electron chi connectivity index (χ3n) is 2.38. The van der Waals surface area contributed by atoms with Crippen LogP contribution < -0.4 is 10.6 Å². The molecule has 0 bridgehead atoms. The van der Waals surface area contributed by atoms with Gasteiger partial charge in [0.25, 0.3) is 0 Å². The minimum Gasteiger partial charge on any atom is -0.481 e. The van der Waals surface area contributed by atoms with E-state index in [4.69, 9.17) is 5.11 Å². The van der Waals surface area contributed by atoms with Crippen molar-refractivity contribution in [2.24, 2.45) is 5.92 Å². The highest BCUT2D eigenvalue weighted by Gasteiger charge is 2.17. The molecule has 0 fully saturated rings. The molecule has 0 radical (unpaired) electrons. The van der Waals surface area contributed by atoms with E-state index in [1.165, 1.54) is 0 Å². The molecular formula is C12H22N2O4. The van der Waals surface area contributed by atoms with Gasteiger partial charge in [0.05, 0.1) is 0 Å². The zero-order valence-electron chi connectivity index (χ0n) is 11.2. The maximum atomic E-state index is 11.5. The Morgan fingerprint density at radius 1 is 1.17 bits per heavy atom. The van der Waals surface area contributed by atoms with Crippen molar-refractivity contribution >= 4 is 17.8 Å². The number of carbonyl (C=O) groups excluding carboxylic acids is 2. The van der Waals surface area contributed by atoms with Crippen molar-refractivity contribution in [2.45, 2.75) is 46.1 Å². The van der Waals surface area contributed by atoms with E-state index in [0.717, 1.165) is 6.42 Å². The zero-order valence-corrected chi connectivity index (χ0v) is 11.2. The third-order valence-corrected chi connectivity index (χ3v) is 2.38. The summed E-state index contributed by atoms with van der Waals surface area (Å²) in [7, 11) is 0. The third kappa shape index (κ3) is 7.65. The van der Waals surface area contributed by atoms with E-state index >= 15 is 0 Å². The van der Waals surface area contributed by atoms with Gasteiger partial charge in [0.1, 0.15) is 6.04 Å². The van der Waals surface area contributed by atoms with Crippen LogP contribution in [0, 0.1) is 5.92 Å². The van der Waals surface area contributed by atoms with E-state index in [9.17, 15) is 14.4 Å². The summed E-state index contributed by atoms with van der Waals surface area (Å²) >= 11 is 0. The predicted molar refractivity (Wildman–Crippen MR) is 66.9 cm³/mol. The predicted octanol–water partition coefficient (Wildman–Crippen LogP) is 0.518. The maximum absolute atomic E-state index is 11.5. The van der Waals surface area contributed by atoms with E-state index in [1.54, 1.807) is 13.8 Å². The summed E-state index contributed by atoms with van der Waals surface area (Å²) in [5, 5.41) is 13.8. The van der Waals surface area contributed by atoms with Crippen LogP contribution in [0.3, 0.4) is 0 Å². The number of aliphatic carboxylic acids is 1. The molecule has 0 heterocycles. The first-order valence-electron chi connectivity index (χ1n) is 6.15. The molecule has 0 aliphatic rings. The van der Waals surface area contributed by atoms with Gasteiger partial charge in [-0.25, -0.2) is 0 Å². The number of carbonyl (C=O) groups is 3. The SMILES string of the molecule is CCCNC(=O)C(C)NC(=O)CC(C)CC(=O)O. The summed E-state index contributed by atoms with van der Waals surface area (Å²) in [5.74, 6) is -1.70. The second-order valence-corrected chi connectivity index (χ2v) is 4.49. The number of amides is 2. The number of carboxylic acid groups (broad SMARTS) is 1. The molecule has 0 aliphatic carbocycles. The highest BCUT2D eigenvalue weighted by atomic mass is 16.4. The number of nitrogens with one attached hydrogen (secondary N) is 2. The van der Waals surface area contributed by atoms with Crippen molar-refractivity contribution in [2.75, 3.05) is 6.54 Å². The van der Waals surface area contributed by atoms with Gasteiger partial charge >= 0.3 is 5.97 Å².